The molecular weight excluding hydrogens is 304 g/mol. The van der Waals surface area contributed by atoms with Crippen molar-refractivity contribution in [2.75, 3.05) is 5.32 Å². The minimum Gasteiger partial charge on any atom is -0.360 e. The summed E-state index contributed by atoms with van der Waals surface area (Å²) < 4.78 is 5.66. The third-order valence-electron chi connectivity index (χ3n) is 2.35. The second-order valence-electron chi connectivity index (χ2n) is 3.97. The van der Waals surface area contributed by atoms with Crippen molar-refractivity contribution in [3.05, 3.63) is 33.2 Å². The highest BCUT2D eigenvalue weighted by atomic mass is 35.5. The van der Waals surface area contributed by atoms with Crippen LogP contribution in [0.2, 0.25) is 4.34 Å². The van der Waals surface area contributed by atoms with Crippen LogP contribution < -0.4 is 5.32 Å². The number of nitrogens with zero attached hydrogens (tertiary/aromatic N) is 1. The van der Waals surface area contributed by atoms with Crippen molar-refractivity contribution in [1.29, 1.82) is 0 Å². The third kappa shape index (κ3) is 4.26. The molecule has 1 atom stereocenters. The predicted octanol–water partition coefficient (Wildman–Crippen LogP) is 3.96. The first kappa shape index (κ1) is 14.4. The van der Waals surface area contributed by atoms with Crippen molar-refractivity contribution < 1.29 is 9.32 Å². The standard InChI is InChI=1S/C12H13ClN2O2S2/c1-7-5-11(15-17-7)14-12(16)8(2)18-6-9-3-4-10(13)19-9/h3-5,8H,6H2,1-2H3,(H,14,15,16)/t8-/m1/s1. The third-order valence-corrected chi connectivity index (χ3v) is 4.96. The number of amides is 1. The van der Waals surface area contributed by atoms with E-state index in [9.17, 15) is 4.79 Å². The molecule has 1 N–H and O–H groups in total. The molecule has 0 spiro atoms. The number of halogens is 1. The summed E-state index contributed by atoms with van der Waals surface area (Å²) in [6.07, 6.45) is 0. The van der Waals surface area contributed by atoms with E-state index >= 15 is 0 Å². The molecule has 2 aromatic heterocycles. The maximum Gasteiger partial charge on any atom is 0.238 e. The molecule has 0 bridgehead atoms. The Morgan fingerprint density at radius 3 is 3.00 bits per heavy atom. The van der Waals surface area contributed by atoms with Crippen molar-refractivity contribution in [2.45, 2.75) is 24.9 Å². The molecule has 7 heteroatoms. The van der Waals surface area contributed by atoms with Crippen LogP contribution in [-0.2, 0) is 10.5 Å². The lowest BCUT2D eigenvalue weighted by Gasteiger charge is -2.09. The summed E-state index contributed by atoms with van der Waals surface area (Å²) in [5.74, 6) is 1.81. The summed E-state index contributed by atoms with van der Waals surface area (Å²) in [5, 5.41) is 6.28. The van der Waals surface area contributed by atoms with Gasteiger partial charge in [-0.3, -0.25) is 4.79 Å². The van der Waals surface area contributed by atoms with Gasteiger partial charge in [-0.1, -0.05) is 16.8 Å². The number of thioether (sulfide) groups is 1. The molecule has 2 heterocycles. The first-order valence-electron chi connectivity index (χ1n) is 5.64. The lowest BCUT2D eigenvalue weighted by Crippen LogP contribution is -2.22. The number of anilines is 1. The predicted molar refractivity (Wildman–Crippen MR) is 80.0 cm³/mol. The minimum absolute atomic E-state index is 0.0825. The number of aryl methyl sites for hydroxylation is 1. The average molecular weight is 317 g/mol. The number of hydrogen-bond donors (Lipinski definition) is 1. The van der Waals surface area contributed by atoms with Gasteiger partial charge >= 0.3 is 0 Å². The highest BCUT2D eigenvalue weighted by Gasteiger charge is 2.15. The molecule has 0 fully saturated rings. The van der Waals surface area contributed by atoms with E-state index in [1.54, 1.807) is 24.8 Å². The molecule has 0 aromatic carbocycles. The highest BCUT2D eigenvalue weighted by molar-refractivity contribution is 7.99. The van der Waals surface area contributed by atoms with Crippen molar-refractivity contribution in [3.63, 3.8) is 0 Å². The van der Waals surface area contributed by atoms with Gasteiger partial charge in [0.1, 0.15) is 5.76 Å². The lowest BCUT2D eigenvalue weighted by atomic mass is 10.4. The van der Waals surface area contributed by atoms with E-state index in [4.69, 9.17) is 16.1 Å². The lowest BCUT2D eigenvalue weighted by molar-refractivity contribution is -0.115. The topological polar surface area (TPSA) is 55.1 Å². The van der Waals surface area contributed by atoms with Crippen LogP contribution in [0.3, 0.4) is 0 Å². The number of carbonyl (C=O) groups excluding carboxylic acids is 1. The fraction of sp³-hybridized carbons (Fsp3) is 0.333. The summed E-state index contributed by atoms with van der Waals surface area (Å²) in [6.45, 7) is 3.64. The highest BCUT2D eigenvalue weighted by Crippen LogP contribution is 2.27. The van der Waals surface area contributed by atoms with Crippen LogP contribution >= 0.6 is 34.7 Å². The molecule has 0 aliphatic carbocycles. The van der Waals surface area contributed by atoms with E-state index in [1.165, 1.54) is 11.3 Å². The molecular formula is C12H13ClN2O2S2. The quantitative estimate of drug-likeness (QED) is 0.907. The Bertz CT molecular complexity index is 568. The van der Waals surface area contributed by atoms with Crippen LogP contribution in [-0.4, -0.2) is 16.3 Å². The fourth-order valence-electron chi connectivity index (χ4n) is 1.37. The largest absolute Gasteiger partial charge is 0.360 e. The van der Waals surface area contributed by atoms with Crippen molar-refractivity contribution in [1.82, 2.24) is 5.16 Å². The second kappa shape index (κ2) is 6.45. The van der Waals surface area contributed by atoms with Crippen molar-refractivity contribution >= 4 is 46.4 Å². The SMILES string of the molecule is Cc1cc(NC(=O)[C@@H](C)SCc2ccc(Cl)s2)no1. The van der Waals surface area contributed by atoms with Gasteiger partial charge in [0, 0.05) is 16.7 Å². The zero-order chi connectivity index (χ0) is 13.8. The molecule has 0 saturated carbocycles. The molecule has 19 heavy (non-hydrogen) atoms. The Labute approximate surface area is 124 Å². The van der Waals surface area contributed by atoms with E-state index in [-0.39, 0.29) is 11.2 Å². The monoisotopic (exact) mass is 316 g/mol. The zero-order valence-corrected chi connectivity index (χ0v) is 12.9. The summed E-state index contributed by atoms with van der Waals surface area (Å²) in [4.78, 5) is 13.1. The van der Waals surface area contributed by atoms with Gasteiger partial charge in [-0.15, -0.1) is 23.1 Å². The van der Waals surface area contributed by atoms with E-state index in [2.05, 4.69) is 10.5 Å². The van der Waals surface area contributed by atoms with Crippen LogP contribution in [0.15, 0.2) is 22.7 Å². The molecule has 2 rings (SSSR count). The summed E-state index contributed by atoms with van der Waals surface area (Å²) in [6, 6.07) is 5.53. The summed E-state index contributed by atoms with van der Waals surface area (Å²) >= 11 is 8.95. The van der Waals surface area contributed by atoms with Gasteiger partial charge in [-0.05, 0) is 26.0 Å². The number of rotatable bonds is 5. The molecule has 0 unspecified atom stereocenters. The Morgan fingerprint density at radius 2 is 2.42 bits per heavy atom. The van der Waals surface area contributed by atoms with Crippen molar-refractivity contribution in [2.24, 2.45) is 0 Å². The van der Waals surface area contributed by atoms with Gasteiger partial charge in [0.05, 0.1) is 9.59 Å². The number of thiophene rings is 1. The maximum atomic E-state index is 11.9. The Balaban J connectivity index is 1.82. The van der Waals surface area contributed by atoms with Crippen LogP contribution in [0.25, 0.3) is 0 Å². The average Bonchev–Trinajstić information content (AvgIpc) is 2.95. The maximum absolute atomic E-state index is 11.9. The molecule has 0 aliphatic heterocycles. The van der Waals surface area contributed by atoms with Gasteiger partial charge in [0.15, 0.2) is 5.82 Å². The number of nitrogens with one attached hydrogen (secondary N) is 1. The minimum atomic E-state index is -0.169. The van der Waals surface area contributed by atoms with E-state index in [0.29, 0.717) is 11.6 Å². The first-order chi connectivity index (χ1) is 9.04. The molecule has 2 aromatic rings. The van der Waals surface area contributed by atoms with Gasteiger partial charge in [0.25, 0.3) is 0 Å². The van der Waals surface area contributed by atoms with Gasteiger partial charge in [0.2, 0.25) is 5.91 Å². The van der Waals surface area contributed by atoms with Crippen LogP contribution in [0.4, 0.5) is 5.82 Å². The van der Waals surface area contributed by atoms with Crippen LogP contribution in [0.5, 0.6) is 0 Å². The number of hydrogen-bond acceptors (Lipinski definition) is 5. The Kier molecular flexibility index (Phi) is 4.90. The Morgan fingerprint density at radius 1 is 1.63 bits per heavy atom. The normalized spacial score (nSPS) is 12.4. The second-order valence-corrected chi connectivity index (χ2v) is 7.10. The molecule has 0 aliphatic rings. The molecule has 0 radical (unpaired) electrons. The van der Waals surface area contributed by atoms with Crippen molar-refractivity contribution in [3.8, 4) is 0 Å². The van der Waals surface area contributed by atoms with E-state index in [1.807, 2.05) is 19.1 Å². The van der Waals surface area contributed by atoms with Gasteiger partial charge in [-0.25, -0.2) is 0 Å². The number of carbonyl (C=O) groups is 1. The molecule has 0 saturated heterocycles. The number of aromatic nitrogens is 1. The summed E-state index contributed by atoms with van der Waals surface area (Å²) in [5.41, 5.74) is 0. The van der Waals surface area contributed by atoms with E-state index in [0.717, 1.165) is 15.0 Å². The van der Waals surface area contributed by atoms with E-state index < -0.39 is 0 Å². The van der Waals surface area contributed by atoms with Crippen LogP contribution in [0.1, 0.15) is 17.6 Å². The summed E-state index contributed by atoms with van der Waals surface area (Å²) in [7, 11) is 0. The smallest absolute Gasteiger partial charge is 0.238 e. The first-order valence-corrected chi connectivity index (χ1v) is 7.89. The van der Waals surface area contributed by atoms with Gasteiger partial charge in [-0.2, -0.15) is 0 Å². The fourth-order valence-corrected chi connectivity index (χ4v) is 3.41. The Hall–Kier alpha value is -0.980. The molecule has 1 amide bonds. The zero-order valence-electron chi connectivity index (χ0n) is 10.5. The molecule has 102 valence electrons. The van der Waals surface area contributed by atoms with Gasteiger partial charge < -0.3 is 9.84 Å². The van der Waals surface area contributed by atoms with Crippen LogP contribution in [0, 0.1) is 6.92 Å². The molecule has 4 nitrogen and oxygen atoms in total.